The van der Waals surface area contributed by atoms with E-state index in [1.165, 1.54) is 13.2 Å². The lowest BCUT2D eigenvalue weighted by molar-refractivity contribution is 0.101. The van der Waals surface area contributed by atoms with Gasteiger partial charge in [0.2, 0.25) is 5.78 Å². The Labute approximate surface area is 169 Å². The molecule has 0 N–H and O–H groups in total. The average molecular weight is 397 g/mol. The van der Waals surface area contributed by atoms with Gasteiger partial charge in [-0.25, -0.2) is 4.79 Å². The van der Waals surface area contributed by atoms with E-state index in [1.807, 2.05) is 13.8 Å². The summed E-state index contributed by atoms with van der Waals surface area (Å²) in [6.45, 7) is 4.84. The summed E-state index contributed by atoms with van der Waals surface area (Å²) in [7, 11) is 3.07. The van der Waals surface area contributed by atoms with E-state index in [9.17, 15) is 9.59 Å². The number of carbonyl (C=O) groups excluding carboxylic acids is 2. The summed E-state index contributed by atoms with van der Waals surface area (Å²) in [5, 5.41) is 0. The standard InChI is InChI=1S/C22H23NO6/c1-5-23(6-2)22(25)28-15-10-11-16-18(13-15)29-19(20(16)24)12-14-8-7-9-17(26-3)21(14)27-4/h7-13H,5-6H2,1-4H3. The fraction of sp³-hybridized carbons (Fsp3) is 0.273. The molecular formula is C22H23NO6. The molecule has 152 valence electrons. The maximum atomic E-state index is 12.7. The maximum Gasteiger partial charge on any atom is 0.415 e. The van der Waals surface area contributed by atoms with E-state index in [0.717, 1.165) is 0 Å². The van der Waals surface area contributed by atoms with Crippen LogP contribution < -0.4 is 18.9 Å². The van der Waals surface area contributed by atoms with Crippen LogP contribution in [0.1, 0.15) is 29.8 Å². The van der Waals surface area contributed by atoms with Crippen molar-refractivity contribution < 1.29 is 28.5 Å². The van der Waals surface area contributed by atoms with Gasteiger partial charge in [-0.05, 0) is 38.1 Å². The molecule has 29 heavy (non-hydrogen) atoms. The van der Waals surface area contributed by atoms with Crippen LogP contribution >= 0.6 is 0 Å². The van der Waals surface area contributed by atoms with Crippen LogP contribution in [0.25, 0.3) is 6.08 Å². The van der Waals surface area contributed by atoms with E-state index in [-0.39, 0.29) is 11.5 Å². The Kier molecular flexibility index (Phi) is 6.07. The van der Waals surface area contributed by atoms with Gasteiger partial charge in [-0.2, -0.15) is 0 Å². The number of fused-ring (bicyclic) bond motifs is 1. The van der Waals surface area contributed by atoms with Crippen molar-refractivity contribution in [2.45, 2.75) is 13.8 Å². The molecule has 1 aliphatic heterocycles. The molecule has 3 rings (SSSR count). The second-order valence-corrected chi connectivity index (χ2v) is 6.22. The molecule has 0 bridgehead atoms. The van der Waals surface area contributed by atoms with Crippen molar-refractivity contribution in [3.05, 3.63) is 53.3 Å². The zero-order chi connectivity index (χ0) is 21.0. The fourth-order valence-electron chi connectivity index (χ4n) is 3.04. The lowest BCUT2D eigenvalue weighted by atomic mass is 10.1. The summed E-state index contributed by atoms with van der Waals surface area (Å²) in [4.78, 5) is 26.4. The van der Waals surface area contributed by atoms with E-state index in [4.69, 9.17) is 18.9 Å². The first kappa shape index (κ1) is 20.3. The lowest BCUT2D eigenvalue weighted by Gasteiger charge is -2.17. The van der Waals surface area contributed by atoms with Gasteiger partial charge in [0.25, 0.3) is 0 Å². The second kappa shape index (κ2) is 8.68. The fourth-order valence-corrected chi connectivity index (χ4v) is 3.04. The number of para-hydroxylation sites is 1. The summed E-state index contributed by atoms with van der Waals surface area (Å²) in [5.74, 6) is 1.60. The number of rotatable bonds is 6. The number of ether oxygens (including phenoxy) is 4. The molecule has 1 heterocycles. The molecule has 2 aromatic carbocycles. The highest BCUT2D eigenvalue weighted by Gasteiger charge is 2.28. The van der Waals surface area contributed by atoms with Crippen LogP contribution in [-0.2, 0) is 0 Å². The Bertz CT molecular complexity index is 962. The van der Waals surface area contributed by atoms with Gasteiger partial charge in [-0.15, -0.1) is 0 Å². The molecule has 0 saturated carbocycles. The van der Waals surface area contributed by atoms with Crippen molar-refractivity contribution in [3.8, 4) is 23.0 Å². The number of nitrogens with zero attached hydrogens (tertiary/aromatic N) is 1. The van der Waals surface area contributed by atoms with Crippen molar-refractivity contribution in [2.75, 3.05) is 27.3 Å². The smallest absolute Gasteiger partial charge is 0.415 e. The van der Waals surface area contributed by atoms with Crippen LogP contribution in [0.15, 0.2) is 42.2 Å². The van der Waals surface area contributed by atoms with Gasteiger partial charge in [-0.3, -0.25) is 4.79 Å². The van der Waals surface area contributed by atoms with Crippen molar-refractivity contribution in [2.24, 2.45) is 0 Å². The average Bonchev–Trinajstić information content (AvgIpc) is 3.03. The van der Waals surface area contributed by atoms with Crippen molar-refractivity contribution >= 4 is 18.0 Å². The number of benzene rings is 2. The van der Waals surface area contributed by atoms with E-state index in [2.05, 4.69) is 0 Å². The highest BCUT2D eigenvalue weighted by Crippen LogP contribution is 2.37. The van der Waals surface area contributed by atoms with E-state index in [1.54, 1.807) is 48.4 Å². The monoisotopic (exact) mass is 397 g/mol. The maximum absolute atomic E-state index is 12.7. The van der Waals surface area contributed by atoms with Crippen LogP contribution in [0, 0.1) is 0 Å². The molecular weight excluding hydrogens is 374 g/mol. The largest absolute Gasteiger partial charge is 0.493 e. The van der Waals surface area contributed by atoms with Gasteiger partial charge < -0.3 is 23.8 Å². The Morgan fingerprint density at radius 2 is 1.86 bits per heavy atom. The highest BCUT2D eigenvalue weighted by atomic mass is 16.6. The number of allylic oxidation sites excluding steroid dienone is 1. The molecule has 0 radical (unpaired) electrons. The topological polar surface area (TPSA) is 74.3 Å². The number of methoxy groups -OCH3 is 2. The molecule has 0 fully saturated rings. The Balaban J connectivity index is 1.86. The van der Waals surface area contributed by atoms with Crippen LogP contribution in [0.5, 0.6) is 23.0 Å². The normalized spacial score (nSPS) is 13.7. The first-order chi connectivity index (χ1) is 14.0. The van der Waals surface area contributed by atoms with Gasteiger partial charge in [0, 0.05) is 24.7 Å². The van der Waals surface area contributed by atoms with Gasteiger partial charge >= 0.3 is 6.09 Å². The van der Waals surface area contributed by atoms with Gasteiger partial charge in [-0.1, -0.05) is 12.1 Å². The third-order valence-electron chi connectivity index (χ3n) is 4.59. The van der Waals surface area contributed by atoms with E-state index < -0.39 is 6.09 Å². The van der Waals surface area contributed by atoms with Crippen molar-refractivity contribution in [1.29, 1.82) is 0 Å². The summed E-state index contributed by atoms with van der Waals surface area (Å²) in [5.41, 5.74) is 1.05. The SMILES string of the molecule is CCN(CC)C(=O)Oc1ccc2c(c1)OC(=Cc1cccc(OC)c1OC)C2=O. The zero-order valence-electron chi connectivity index (χ0n) is 16.9. The van der Waals surface area contributed by atoms with Crippen molar-refractivity contribution in [3.63, 3.8) is 0 Å². The minimum Gasteiger partial charge on any atom is -0.493 e. The molecule has 2 aromatic rings. The number of carbonyl (C=O) groups is 2. The van der Waals surface area contributed by atoms with E-state index in [0.29, 0.717) is 47.2 Å². The minimum atomic E-state index is -0.448. The molecule has 0 aliphatic carbocycles. The molecule has 0 atom stereocenters. The van der Waals surface area contributed by atoms with E-state index >= 15 is 0 Å². The number of hydrogen-bond acceptors (Lipinski definition) is 6. The first-order valence-corrected chi connectivity index (χ1v) is 9.28. The number of amides is 1. The predicted molar refractivity (Wildman–Crippen MR) is 108 cm³/mol. The molecule has 0 spiro atoms. The van der Waals surface area contributed by atoms with Crippen LogP contribution in [-0.4, -0.2) is 44.1 Å². The summed E-state index contributed by atoms with van der Waals surface area (Å²) in [6, 6.07) is 10.1. The zero-order valence-corrected chi connectivity index (χ0v) is 16.9. The summed E-state index contributed by atoms with van der Waals surface area (Å²) < 4.78 is 21.8. The van der Waals surface area contributed by atoms with Crippen LogP contribution in [0.2, 0.25) is 0 Å². The minimum absolute atomic E-state index is 0.152. The van der Waals surface area contributed by atoms with Crippen LogP contribution in [0.3, 0.4) is 0 Å². The van der Waals surface area contributed by atoms with Gasteiger partial charge in [0.15, 0.2) is 17.3 Å². The number of Topliss-reactive ketones (excluding diaryl/α,β-unsaturated/α-hetero) is 1. The second-order valence-electron chi connectivity index (χ2n) is 6.22. The Morgan fingerprint density at radius 3 is 2.52 bits per heavy atom. The Hall–Kier alpha value is -3.48. The predicted octanol–water partition coefficient (Wildman–Crippen LogP) is 4.16. The quantitative estimate of drug-likeness (QED) is 0.682. The van der Waals surface area contributed by atoms with Gasteiger partial charge in [0.05, 0.1) is 19.8 Å². The number of ketones is 1. The third kappa shape index (κ3) is 4.03. The molecule has 7 nitrogen and oxygen atoms in total. The highest BCUT2D eigenvalue weighted by molar-refractivity contribution is 6.14. The molecule has 0 saturated heterocycles. The Morgan fingerprint density at radius 1 is 1.10 bits per heavy atom. The lowest BCUT2D eigenvalue weighted by Crippen LogP contribution is -2.33. The van der Waals surface area contributed by atoms with Crippen molar-refractivity contribution in [1.82, 2.24) is 4.90 Å². The van der Waals surface area contributed by atoms with Gasteiger partial charge in [0.1, 0.15) is 11.5 Å². The van der Waals surface area contributed by atoms with Crippen LogP contribution in [0.4, 0.5) is 4.79 Å². The molecule has 1 amide bonds. The summed E-state index contributed by atoms with van der Waals surface area (Å²) in [6.07, 6.45) is 1.15. The first-order valence-electron chi connectivity index (χ1n) is 9.28. The molecule has 0 aromatic heterocycles. The molecule has 0 unspecified atom stereocenters. The summed E-state index contributed by atoms with van der Waals surface area (Å²) >= 11 is 0. The third-order valence-corrected chi connectivity index (χ3v) is 4.59. The molecule has 1 aliphatic rings. The molecule has 7 heteroatoms. The number of hydrogen-bond donors (Lipinski definition) is 0.